The van der Waals surface area contributed by atoms with E-state index < -0.39 is 9.84 Å². The summed E-state index contributed by atoms with van der Waals surface area (Å²) < 4.78 is 23.1. The molecule has 3 rings (SSSR count). The summed E-state index contributed by atoms with van der Waals surface area (Å²) in [5, 5.41) is 3.63. The molecule has 26 heavy (non-hydrogen) atoms. The average Bonchev–Trinajstić information content (AvgIpc) is 3.15. The number of hydrogen-bond donors (Lipinski definition) is 1. The van der Waals surface area contributed by atoms with E-state index in [1.54, 1.807) is 24.3 Å². The van der Waals surface area contributed by atoms with Gasteiger partial charge in [-0.1, -0.05) is 25.0 Å². The zero-order valence-corrected chi connectivity index (χ0v) is 16.6. The van der Waals surface area contributed by atoms with Crippen LogP contribution in [0, 0.1) is 5.92 Å². The Kier molecular flexibility index (Phi) is 6.03. The molecule has 1 aliphatic heterocycles. The summed E-state index contributed by atoms with van der Waals surface area (Å²) in [7, 11) is -1.26. The molecule has 2 fully saturated rings. The number of carbonyl (C=O) groups is 1. The number of amides is 1. The van der Waals surface area contributed by atoms with Crippen molar-refractivity contribution < 1.29 is 13.2 Å². The van der Waals surface area contributed by atoms with Crippen molar-refractivity contribution in [2.24, 2.45) is 5.92 Å². The summed E-state index contributed by atoms with van der Waals surface area (Å²) in [6.45, 7) is 1.10. The highest BCUT2D eigenvalue weighted by Crippen LogP contribution is 2.33. The molecule has 1 saturated carbocycles. The van der Waals surface area contributed by atoms with Gasteiger partial charge in [0.15, 0.2) is 9.84 Å². The Morgan fingerprint density at radius 3 is 2.42 bits per heavy atom. The van der Waals surface area contributed by atoms with Gasteiger partial charge in [0.25, 0.3) is 0 Å². The van der Waals surface area contributed by atoms with E-state index in [0.717, 1.165) is 18.5 Å². The van der Waals surface area contributed by atoms with Gasteiger partial charge in [-0.25, -0.2) is 8.42 Å². The highest BCUT2D eigenvalue weighted by Gasteiger charge is 2.36. The molecule has 1 aromatic rings. The predicted molar refractivity (Wildman–Crippen MR) is 103 cm³/mol. The van der Waals surface area contributed by atoms with Crippen LogP contribution in [0.2, 0.25) is 0 Å². The van der Waals surface area contributed by atoms with E-state index in [2.05, 4.69) is 5.32 Å². The molecule has 3 atom stereocenters. The maximum Gasteiger partial charge on any atom is 0.226 e. The lowest BCUT2D eigenvalue weighted by atomic mass is 9.78. The summed E-state index contributed by atoms with van der Waals surface area (Å²) in [6, 6.07) is 7.53. The summed E-state index contributed by atoms with van der Waals surface area (Å²) in [5.74, 6) is 0.666. The van der Waals surface area contributed by atoms with E-state index >= 15 is 0 Å². The third-order valence-corrected chi connectivity index (χ3v) is 7.12. The zero-order chi connectivity index (χ0) is 18.7. The van der Waals surface area contributed by atoms with E-state index in [9.17, 15) is 13.2 Å². The quantitative estimate of drug-likeness (QED) is 0.854. The van der Waals surface area contributed by atoms with Gasteiger partial charge in [-0.2, -0.15) is 0 Å². The van der Waals surface area contributed by atoms with Crippen LogP contribution in [0.15, 0.2) is 29.2 Å². The van der Waals surface area contributed by atoms with E-state index in [0.29, 0.717) is 29.3 Å². The first-order valence-corrected chi connectivity index (χ1v) is 11.5. The molecule has 1 N–H and O–H groups in total. The van der Waals surface area contributed by atoms with Crippen LogP contribution in [0.4, 0.5) is 0 Å². The number of carbonyl (C=O) groups excluding carboxylic acids is 1. The van der Waals surface area contributed by atoms with Gasteiger partial charge in [-0.15, -0.1) is 0 Å². The monoisotopic (exact) mass is 378 g/mol. The van der Waals surface area contributed by atoms with Crippen LogP contribution in [-0.4, -0.2) is 51.2 Å². The molecule has 1 amide bonds. The molecule has 1 saturated heterocycles. The fourth-order valence-corrected chi connectivity index (χ4v) is 5.14. The van der Waals surface area contributed by atoms with Gasteiger partial charge in [-0.3, -0.25) is 4.79 Å². The molecule has 144 valence electrons. The lowest BCUT2D eigenvalue weighted by Crippen LogP contribution is -2.50. The number of nitrogens with one attached hydrogen (secondary N) is 1. The highest BCUT2D eigenvalue weighted by molar-refractivity contribution is 7.90. The second-order valence-corrected chi connectivity index (χ2v) is 9.83. The molecule has 0 spiro atoms. The molecule has 1 aromatic carbocycles. The van der Waals surface area contributed by atoms with Gasteiger partial charge in [0.2, 0.25) is 5.91 Å². The molecule has 0 bridgehead atoms. The number of benzene rings is 1. The molecule has 3 unspecified atom stereocenters. The molecule has 1 heterocycles. The molecular formula is C20H30N2O3S. The minimum absolute atomic E-state index is 0.118. The predicted octanol–water partition coefficient (Wildman–Crippen LogP) is 2.40. The minimum atomic E-state index is -3.20. The van der Waals surface area contributed by atoms with Gasteiger partial charge >= 0.3 is 0 Å². The number of rotatable bonds is 5. The van der Waals surface area contributed by atoms with Crippen molar-refractivity contribution in [2.45, 2.75) is 61.9 Å². The fourth-order valence-electron chi connectivity index (χ4n) is 4.51. The first-order valence-electron chi connectivity index (χ1n) is 9.64. The Morgan fingerprint density at radius 2 is 1.81 bits per heavy atom. The van der Waals surface area contributed by atoms with Crippen LogP contribution in [0.5, 0.6) is 0 Å². The second kappa shape index (κ2) is 8.09. The van der Waals surface area contributed by atoms with Crippen LogP contribution in [0.3, 0.4) is 0 Å². The van der Waals surface area contributed by atoms with E-state index in [1.165, 1.54) is 38.4 Å². The summed E-state index contributed by atoms with van der Waals surface area (Å²) >= 11 is 0. The van der Waals surface area contributed by atoms with E-state index in [4.69, 9.17) is 0 Å². The standard InChI is InChI=1S/C20H30N2O3S/c1-22(19-8-4-3-6-17(19)18-7-5-13-21-18)20(23)14-15-9-11-16(12-10-15)26(2,24)25/h9-12,17-19,21H,3-8,13-14H2,1-2H3. The van der Waals surface area contributed by atoms with Crippen LogP contribution in [-0.2, 0) is 21.1 Å². The van der Waals surface area contributed by atoms with Crippen LogP contribution < -0.4 is 5.32 Å². The van der Waals surface area contributed by atoms with Gasteiger partial charge in [0.1, 0.15) is 0 Å². The number of nitrogens with zero attached hydrogens (tertiary/aromatic N) is 1. The molecule has 5 nitrogen and oxygen atoms in total. The van der Waals surface area contributed by atoms with Gasteiger partial charge in [-0.05, 0) is 55.8 Å². The third-order valence-electron chi connectivity index (χ3n) is 5.99. The molecule has 2 aliphatic rings. The van der Waals surface area contributed by atoms with Crippen molar-refractivity contribution in [3.63, 3.8) is 0 Å². The normalized spacial score (nSPS) is 26.6. The number of likely N-dealkylation sites (N-methyl/N-ethyl adjacent to an activating group) is 1. The lowest BCUT2D eigenvalue weighted by Gasteiger charge is -2.41. The van der Waals surface area contributed by atoms with Crippen molar-refractivity contribution >= 4 is 15.7 Å². The Labute approximate surface area is 157 Å². The Bertz CT molecular complexity index is 724. The topological polar surface area (TPSA) is 66.5 Å². The molecule has 1 aliphatic carbocycles. The summed E-state index contributed by atoms with van der Waals surface area (Å²) in [4.78, 5) is 15.1. The Balaban J connectivity index is 1.66. The highest BCUT2D eigenvalue weighted by atomic mass is 32.2. The first kappa shape index (κ1) is 19.4. The van der Waals surface area contributed by atoms with Crippen LogP contribution >= 0.6 is 0 Å². The lowest BCUT2D eigenvalue weighted by molar-refractivity contribution is -0.133. The Morgan fingerprint density at radius 1 is 1.12 bits per heavy atom. The summed E-state index contributed by atoms with van der Waals surface area (Å²) in [5.41, 5.74) is 0.862. The largest absolute Gasteiger partial charge is 0.342 e. The number of hydrogen-bond acceptors (Lipinski definition) is 4. The van der Waals surface area contributed by atoms with Crippen molar-refractivity contribution in [1.82, 2.24) is 10.2 Å². The smallest absolute Gasteiger partial charge is 0.226 e. The van der Waals surface area contributed by atoms with Gasteiger partial charge < -0.3 is 10.2 Å². The second-order valence-electron chi connectivity index (χ2n) is 7.82. The van der Waals surface area contributed by atoms with Gasteiger partial charge in [0.05, 0.1) is 11.3 Å². The number of sulfone groups is 1. The minimum Gasteiger partial charge on any atom is -0.342 e. The maximum absolute atomic E-state index is 12.8. The first-order chi connectivity index (χ1) is 12.4. The van der Waals surface area contributed by atoms with Crippen molar-refractivity contribution in [1.29, 1.82) is 0 Å². The molecule has 6 heteroatoms. The Hall–Kier alpha value is -1.40. The fraction of sp³-hybridized carbons (Fsp3) is 0.650. The zero-order valence-electron chi connectivity index (χ0n) is 15.8. The van der Waals surface area contributed by atoms with Crippen LogP contribution in [0.1, 0.15) is 44.1 Å². The van der Waals surface area contributed by atoms with Gasteiger partial charge in [0, 0.05) is 25.4 Å². The SMILES string of the molecule is CN(C(=O)Cc1ccc(S(C)(=O)=O)cc1)C1CCCCC1C1CCCN1. The van der Waals surface area contributed by atoms with E-state index in [1.807, 2.05) is 11.9 Å². The summed E-state index contributed by atoms with van der Waals surface area (Å²) in [6.07, 6.45) is 8.70. The van der Waals surface area contributed by atoms with Crippen molar-refractivity contribution in [2.75, 3.05) is 19.8 Å². The third kappa shape index (κ3) is 4.46. The van der Waals surface area contributed by atoms with Crippen molar-refractivity contribution in [3.05, 3.63) is 29.8 Å². The molecular weight excluding hydrogens is 348 g/mol. The molecule has 0 radical (unpaired) electrons. The average molecular weight is 379 g/mol. The van der Waals surface area contributed by atoms with Crippen molar-refractivity contribution in [3.8, 4) is 0 Å². The van der Waals surface area contributed by atoms with Crippen LogP contribution in [0.25, 0.3) is 0 Å². The maximum atomic E-state index is 12.8. The van der Waals surface area contributed by atoms with E-state index in [-0.39, 0.29) is 5.91 Å². The molecule has 0 aromatic heterocycles.